The SMILES string of the molecule is CN1CN(c2ccccc2)C2(CCCN(C(=O)[C@@H](COCc3ccccc3)C(C)(C)C(N)=O)C2)C1=O. The van der Waals surface area contributed by atoms with E-state index in [-0.39, 0.29) is 25.0 Å². The standard InChI is InChI=1S/C28H36N4O4/c1-27(2,25(29)34)23(18-36-17-21-11-6-4-7-12-21)24(33)31-16-10-15-28(19-31)26(35)30(3)20-32(28)22-13-8-5-9-14-22/h4-9,11-14,23H,10,15-20H2,1-3H3,(H2,29,34)/t23-,28?/m1/s1. The van der Waals surface area contributed by atoms with Gasteiger partial charge in [-0.1, -0.05) is 62.4 Å². The number of nitrogens with zero attached hydrogens (tertiary/aromatic N) is 3. The summed E-state index contributed by atoms with van der Waals surface area (Å²) in [5.74, 6) is -1.53. The van der Waals surface area contributed by atoms with Gasteiger partial charge in [0.1, 0.15) is 5.54 Å². The molecule has 2 fully saturated rings. The van der Waals surface area contributed by atoms with Gasteiger partial charge in [-0.3, -0.25) is 14.4 Å². The number of piperidine rings is 1. The number of hydrogen-bond donors (Lipinski definition) is 1. The first kappa shape index (κ1) is 25.7. The first-order valence-corrected chi connectivity index (χ1v) is 12.5. The zero-order chi connectivity index (χ0) is 25.9. The van der Waals surface area contributed by atoms with Crippen LogP contribution >= 0.6 is 0 Å². The molecule has 1 unspecified atom stereocenters. The number of nitrogens with two attached hydrogens (primary N) is 1. The Kier molecular flexibility index (Phi) is 7.36. The number of anilines is 1. The molecule has 0 bridgehead atoms. The van der Waals surface area contributed by atoms with Gasteiger partial charge in [0.05, 0.1) is 37.8 Å². The average Bonchev–Trinajstić information content (AvgIpc) is 3.12. The molecule has 192 valence electrons. The minimum absolute atomic E-state index is 0.00916. The Bertz CT molecular complexity index is 1090. The first-order chi connectivity index (χ1) is 17.2. The van der Waals surface area contributed by atoms with Gasteiger partial charge in [-0.15, -0.1) is 0 Å². The highest BCUT2D eigenvalue weighted by Gasteiger charge is 2.55. The molecule has 2 atom stereocenters. The second-order valence-corrected chi connectivity index (χ2v) is 10.4. The number of para-hydroxylation sites is 1. The second kappa shape index (κ2) is 10.3. The smallest absolute Gasteiger partial charge is 0.251 e. The van der Waals surface area contributed by atoms with Gasteiger partial charge < -0.3 is 25.2 Å². The molecule has 2 saturated heterocycles. The van der Waals surface area contributed by atoms with Crippen molar-refractivity contribution in [1.82, 2.24) is 9.80 Å². The summed E-state index contributed by atoms with van der Waals surface area (Å²) in [5.41, 5.74) is 5.72. The Morgan fingerprint density at radius 1 is 1.08 bits per heavy atom. The highest BCUT2D eigenvalue weighted by Crippen LogP contribution is 2.39. The van der Waals surface area contributed by atoms with Crippen molar-refractivity contribution in [2.45, 2.75) is 38.8 Å². The molecule has 0 aliphatic carbocycles. The summed E-state index contributed by atoms with van der Waals surface area (Å²) >= 11 is 0. The van der Waals surface area contributed by atoms with Crippen LogP contribution in [0.3, 0.4) is 0 Å². The van der Waals surface area contributed by atoms with Crippen LogP contribution in [0.5, 0.6) is 0 Å². The number of likely N-dealkylation sites (tertiary alicyclic amines) is 1. The number of benzene rings is 2. The number of carbonyl (C=O) groups excluding carboxylic acids is 3. The predicted octanol–water partition coefficient (Wildman–Crippen LogP) is 2.63. The Labute approximate surface area is 213 Å². The molecule has 2 N–H and O–H groups in total. The molecule has 0 saturated carbocycles. The predicted molar refractivity (Wildman–Crippen MR) is 138 cm³/mol. The second-order valence-electron chi connectivity index (χ2n) is 10.4. The lowest BCUT2D eigenvalue weighted by molar-refractivity contribution is -0.151. The van der Waals surface area contributed by atoms with E-state index in [1.165, 1.54) is 0 Å². The molecule has 2 aliphatic heterocycles. The van der Waals surface area contributed by atoms with Crippen LogP contribution in [0.2, 0.25) is 0 Å². The van der Waals surface area contributed by atoms with E-state index < -0.39 is 22.8 Å². The van der Waals surface area contributed by atoms with Gasteiger partial charge in [-0.2, -0.15) is 0 Å². The molecular formula is C28H36N4O4. The summed E-state index contributed by atoms with van der Waals surface area (Å²) in [4.78, 5) is 45.4. The van der Waals surface area contributed by atoms with E-state index in [1.54, 1.807) is 30.7 Å². The number of primary amides is 1. The van der Waals surface area contributed by atoms with Crippen LogP contribution in [0.1, 0.15) is 32.3 Å². The number of carbonyl (C=O) groups is 3. The van der Waals surface area contributed by atoms with Crippen molar-refractivity contribution >= 4 is 23.4 Å². The van der Waals surface area contributed by atoms with Crippen molar-refractivity contribution in [2.75, 3.05) is 38.3 Å². The van der Waals surface area contributed by atoms with Gasteiger partial charge in [-0.25, -0.2) is 0 Å². The first-order valence-electron chi connectivity index (χ1n) is 12.5. The molecule has 0 radical (unpaired) electrons. The lowest BCUT2D eigenvalue weighted by Crippen LogP contribution is -2.62. The quantitative estimate of drug-likeness (QED) is 0.611. The maximum atomic E-state index is 14.0. The normalized spacial score (nSPS) is 21.2. The monoisotopic (exact) mass is 492 g/mol. The summed E-state index contributed by atoms with van der Waals surface area (Å²) in [7, 11) is 1.80. The highest BCUT2D eigenvalue weighted by atomic mass is 16.5. The maximum absolute atomic E-state index is 14.0. The van der Waals surface area contributed by atoms with Gasteiger partial charge >= 0.3 is 0 Å². The third-order valence-electron chi connectivity index (χ3n) is 7.67. The maximum Gasteiger partial charge on any atom is 0.251 e. The van der Waals surface area contributed by atoms with Crippen LogP contribution in [0, 0.1) is 11.3 Å². The molecule has 8 heteroatoms. The number of hydrogen-bond acceptors (Lipinski definition) is 5. The molecule has 2 heterocycles. The van der Waals surface area contributed by atoms with E-state index in [0.29, 0.717) is 32.7 Å². The van der Waals surface area contributed by atoms with Gasteiger partial charge in [-0.05, 0) is 30.5 Å². The molecule has 4 rings (SSSR count). The number of rotatable bonds is 8. The molecule has 2 aromatic carbocycles. The van der Waals surface area contributed by atoms with Crippen LogP contribution in [0.15, 0.2) is 60.7 Å². The molecule has 3 amide bonds. The lowest BCUT2D eigenvalue weighted by Gasteiger charge is -2.46. The van der Waals surface area contributed by atoms with E-state index in [1.807, 2.05) is 60.7 Å². The van der Waals surface area contributed by atoms with Crippen LogP contribution < -0.4 is 10.6 Å². The lowest BCUT2D eigenvalue weighted by atomic mass is 9.76. The minimum atomic E-state index is -1.12. The number of likely N-dealkylation sites (N-methyl/N-ethyl adjacent to an activating group) is 1. The fraction of sp³-hybridized carbons (Fsp3) is 0.464. The van der Waals surface area contributed by atoms with Crippen molar-refractivity contribution in [3.05, 3.63) is 66.2 Å². The van der Waals surface area contributed by atoms with Crippen LogP contribution in [0.4, 0.5) is 5.69 Å². The van der Waals surface area contributed by atoms with Gasteiger partial charge in [0.25, 0.3) is 5.91 Å². The zero-order valence-electron chi connectivity index (χ0n) is 21.4. The number of ether oxygens (including phenoxy) is 1. The molecule has 0 aromatic heterocycles. The van der Waals surface area contributed by atoms with Gasteiger partial charge in [0, 0.05) is 19.3 Å². The molecule has 2 aromatic rings. The van der Waals surface area contributed by atoms with E-state index >= 15 is 0 Å². The van der Waals surface area contributed by atoms with Crippen molar-refractivity contribution in [1.29, 1.82) is 0 Å². The fourth-order valence-electron chi connectivity index (χ4n) is 5.29. The number of amides is 3. The van der Waals surface area contributed by atoms with E-state index in [9.17, 15) is 14.4 Å². The van der Waals surface area contributed by atoms with Crippen LogP contribution in [-0.2, 0) is 25.7 Å². The van der Waals surface area contributed by atoms with Crippen molar-refractivity contribution < 1.29 is 19.1 Å². The Morgan fingerprint density at radius 3 is 2.36 bits per heavy atom. The summed E-state index contributed by atoms with van der Waals surface area (Å²) in [6, 6.07) is 19.5. The highest BCUT2D eigenvalue weighted by molar-refractivity contribution is 5.95. The van der Waals surface area contributed by atoms with Gasteiger partial charge in [0.15, 0.2) is 0 Å². The van der Waals surface area contributed by atoms with E-state index in [4.69, 9.17) is 10.5 Å². The molecule has 8 nitrogen and oxygen atoms in total. The van der Waals surface area contributed by atoms with Crippen LogP contribution in [-0.4, -0.2) is 66.5 Å². The average molecular weight is 493 g/mol. The third-order valence-corrected chi connectivity index (χ3v) is 7.67. The van der Waals surface area contributed by atoms with E-state index in [2.05, 4.69) is 4.90 Å². The fourth-order valence-corrected chi connectivity index (χ4v) is 5.29. The molecule has 1 spiro atoms. The molecule has 36 heavy (non-hydrogen) atoms. The summed E-state index contributed by atoms with van der Waals surface area (Å²) < 4.78 is 5.94. The largest absolute Gasteiger partial charge is 0.376 e. The van der Waals surface area contributed by atoms with Crippen molar-refractivity contribution in [3.63, 3.8) is 0 Å². The van der Waals surface area contributed by atoms with Crippen LogP contribution in [0.25, 0.3) is 0 Å². The zero-order valence-corrected chi connectivity index (χ0v) is 21.4. The van der Waals surface area contributed by atoms with Crippen molar-refractivity contribution in [2.24, 2.45) is 17.1 Å². The van der Waals surface area contributed by atoms with Gasteiger partial charge in [0.2, 0.25) is 11.8 Å². The summed E-state index contributed by atoms with van der Waals surface area (Å²) in [6.07, 6.45) is 1.34. The summed E-state index contributed by atoms with van der Waals surface area (Å²) in [5, 5.41) is 0. The molecular weight excluding hydrogens is 456 g/mol. The third kappa shape index (κ3) is 4.82. The molecule has 2 aliphatic rings. The Morgan fingerprint density at radius 2 is 1.72 bits per heavy atom. The Balaban J connectivity index is 1.57. The Hall–Kier alpha value is -3.39. The summed E-state index contributed by atoms with van der Waals surface area (Å²) in [6.45, 7) is 5.00. The topological polar surface area (TPSA) is 96.2 Å². The van der Waals surface area contributed by atoms with E-state index in [0.717, 1.165) is 11.3 Å². The van der Waals surface area contributed by atoms with Crippen molar-refractivity contribution in [3.8, 4) is 0 Å². The minimum Gasteiger partial charge on any atom is -0.376 e.